The molecular formula is C13H16N2O3. The lowest BCUT2D eigenvalue weighted by Crippen LogP contribution is -2.37. The van der Waals surface area contributed by atoms with E-state index in [4.69, 9.17) is 9.94 Å². The summed E-state index contributed by atoms with van der Waals surface area (Å²) in [7, 11) is 0. The number of carbonyl (C=O) groups is 1. The third kappa shape index (κ3) is 3.00. The summed E-state index contributed by atoms with van der Waals surface area (Å²) in [6.07, 6.45) is 2.67. The molecule has 0 radical (unpaired) electrons. The maximum Gasteiger partial charge on any atom is 0.416 e. The minimum atomic E-state index is -0.452. The normalized spacial score (nSPS) is 16.4. The Labute approximate surface area is 106 Å². The van der Waals surface area contributed by atoms with E-state index in [1.165, 1.54) is 0 Å². The number of piperidine rings is 1. The first kappa shape index (κ1) is 12.4. The average Bonchev–Trinajstić information content (AvgIpc) is 2.46. The highest BCUT2D eigenvalue weighted by atomic mass is 16.6. The molecule has 0 saturated carbocycles. The summed E-state index contributed by atoms with van der Waals surface area (Å²) in [5.74, 6) is -0.0637. The summed E-state index contributed by atoms with van der Waals surface area (Å²) in [6.45, 7) is 1.40. The molecule has 5 heteroatoms. The summed E-state index contributed by atoms with van der Waals surface area (Å²) in [5, 5.41) is 12.0. The van der Waals surface area contributed by atoms with Crippen LogP contribution in [0.25, 0.3) is 0 Å². The van der Waals surface area contributed by atoms with Gasteiger partial charge in [-0.15, -0.1) is 0 Å². The molecule has 1 amide bonds. The fraction of sp³-hybridized carbons (Fsp3) is 0.385. The first-order chi connectivity index (χ1) is 8.81. The van der Waals surface area contributed by atoms with Gasteiger partial charge in [-0.3, -0.25) is 0 Å². The predicted molar refractivity (Wildman–Crippen MR) is 66.7 cm³/mol. The Bertz CT molecular complexity index is 425. The molecular weight excluding hydrogens is 232 g/mol. The van der Waals surface area contributed by atoms with Crippen LogP contribution < -0.4 is 0 Å². The van der Waals surface area contributed by atoms with Gasteiger partial charge in [0.2, 0.25) is 0 Å². The quantitative estimate of drug-likeness (QED) is 0.359. The summed E-state index contributed by atoms with van der Waals surface area (Å²) in [6, 6.07) is 8.85. The number of amides is 1. The highest BCUT2D eigenvalue weighted by molar-refractivity contribution is 5.99. The van der Waals surface area contributed by atoms with E-state index < -0.39 is 6.09 Å². The van der Waals surface area contributed by atoms with Crippen molar-refractivity contribution in [1.82, 2.24) is 4.90 Å². The van der Waals surface area contributed by atoms with Crippen molar-refractivity contribution < 1.29 is 14.7 Å². The molecule has 0 spiro atoms. The van der Waals surface area contributed by atoms with Gasteiger partial charge in [-0.1, -0.05) is 18.2 Å². The van der Waals surface area contributed by atoms with E-state index >= 15 is 0 Å². The number of likely N-dealkylation sites (tertiary alicyclic amines) is 1. The molecule has 96 valence electrons. The average molecular weight is 248 g/mol. The fourth-order valence-electron chi connectivity index (χ4n) is 1.94. The second kappa shape index (κ2) is 6.05. The van der Waals surface area contributed by atoms with Crippen LogP contribution in [-0.4, -0.2) is 35.2 Å². The highest BCUT2D eigenvalue weighted by Gasteiger charge is 2.20. The lowest BCUT2D eigenvalue weighted by atomic mass is 10.1. The molecule has 1 saturated heterocycles. The number of carbonyl (C=O) groups excluding carboxylic acids is 1. The van der Waals surface area contributed by atoms with Gasteiger partial charge in [0.1, 0.15) is 0 Å². The van der Waals surface area contributed by atoms with Crippen molar-refractivity contribution in [2.75, 3.05) is 13.1 Å². The maximum atomic E-state index is 11.9. The number of oxime groups is 1. The third-order valence-electron chi connectivity index (χ3n) is 2.91. The molecule has 5 nitrogen and oxygen atoms in total. The first-order valence-electron chi connectivity index (χ1n) is 6.05. The van der Waals surface area contributed by atoms with Crippen molar-refractivity contribution >= 4 is 12.0 Å². The number of hydrogen-bond donors (Lipinski definition) is 1. The van der Waals surface area contributed by atoms with Gasteiger partial charge < -0.3 is 14.8 Å². The standard InChI is InChI=1S/C13H16N2O3/c16-13(15-9-5-2-6-10-15)18-12(14-17)11-7-3-1-4-8-11/h1,3-4,7-8,17H,2,5-6,9-10H2/b14-12-. The largest absolute Gasteiger partial charge is 0.416 e. The van der Waals surface area contributed by atoms with Crippen molar-refractivity contribution in [3.8, 4) is 0 Å². The Hall–Kier alpha value is -2.04. The smallest absolute Gasteiger partial charge is 0.408 e. The first-order valence-corrected chi connectivity index (χ1v) is 6.05. The van der Waals surface area contributed by atoms with Gasteiger partial charge in [0.25, 0.3) is 5.90 Å². The molecule has 0 aliphatic carbocycles. The van der Waals surface area contributed by atoms with Crippen LogP contribution in [0.3, 0.4) is 0 Å². The topological polar surface area (TPSA) is 62.1 Å². The lowest BCUT2D eigenvalue weighted by molar-refractivity contribution is 0.136. The van der Waals surface area contributed by atoms with E-state index in [2.05, 4.69) is 5.16 Å². The van der Waals surface area contributed by atoms with Crippen LogP contribution in [0.15, 0.2) is 35.5 Å². The molecule has 0 unspecified atom stereocenters. The second-order valence-electron chi connectivity index (χ2n) is 4.19. The molecule has 1 aliphatic heterocycles. The van der Waals surface area contributed by atoms with Crippen LogP contribution in [0.1, 0.15) is 24.8 Å². The van der Waals surface area contributed by atoms with Crippen LogP contribution in [0.5, 0.6) is 0 Å². The van der Waals surface area contributed by atoms with E-state index in [0.717, 1.165) is 19.3 Å². The van der Waals surface area contributed by atoms with Gasteiger partial charge >= 0.3 is 6.09 Å². The minimum absolute atomic E-state index is 0.0637. The van der Waals surface area contributed by atoms with Gasteiger partial charge in [0.05, 0.1) is 0 Å². The van der Waals surface area contributed by atoms with Gasteiger partial charge in [-0.05, 0) is 36.6 Å². The SMILES string of the molecule is O=C(O/C(=N\O)c1ccccc1)N1CCCCC1. The van der Waals surface area contributed by atoms with Crippen molar-refractivity contribution in [2.24, 2.45) is 5.16 Å². The third-order valence-corrected chi connectivity index (χ3v) is 2.91. The second-order valence-corrected chi connectivity index (χ2v) is 4.19. The molecule has 1 aromatic rings. The van der Waals surface area contributed by atoms with E-state index in [0.29, 0.717) is 18.7 Å². The zero-order valence-electron chi connectivity index (χ0n) is 10.1. The van der Waals surface area contributed by atoms with Crippen molar-refractivity contribution in [2.45, 2.75) is 19.3 Å². The Kier molecular flexibility index (Phi) is 4.17. The molecule has 0 aromatic heterocycles. The maximum absolute atomic E-state index is 11.9. The molecule has 2 rings (SSSR count). The summed E-state index contributed by atoms with van der Waals surface area (Å²) < 4.78 is 5.11. The summed E-state index contributed by atoms with van der Waals surface area (Å²) >= 11 is 0. The Morgan fingerprint density at radius 1 is 1.17 bits per heavy atom. The Balaban J connectivity index is 2.01. The number of ether oxygens (including phenoxy) is 1. The monoisotopic (exact) mass is 248 g/mol. The Morgan fingerprint density at radius 3 is 2.44 bits per heavy atom. The number of rotatable bonds is 1. The van der Waals surface area contributed by atoms with Gasteiger partial charge in [-0.25, -0.2) is 4.79 Å². The van der Waals surface area contributed by atoms with Crippen LogP contribution in [0.2, 0.25) is 0 Å². The molecule has 18 heavy (non-hydrogen) atoms. The zero-order chi connectivity index (χ0) is 12.8. The van der Waals surface area contributed by atoms with E-state index in [-0.39, 0.29) is 5.90 Å². The van der Waals surface area contributed by atoms with Crippen LogP contribution in [-0.2, 0) is 4.74 Å². The number of hydrogen-bond acceptors (Lipinski definition) is 4. The van der Waals surface area contributed by atoms with Crippen molar-refractivity contribution in [3.05, 3.63) is 35.9 Å². The Morgan fingerprint density at radius 2 is 1.83 bits per heavy atom. The molecule has 1 aromatic carbocycles. The van der Waals surface area contributed by atoms with Crippen LogP contribution in [0, 0.1) is 0 Å². The van der Waals surface area contributed by atoms with Crippen LogP contribution >= 0.6 is 0 Å². The van der Waals surface area contributed by atoms with Gasteiger partial charge in [0.15, 0.2) is 0 Å². The van der Waals surface area contributed by atoms with E-state index in [1.807, 2.05) is 6.07 Å². The molecule has 1 aliphatic rings. The number of benzene rings is 1. The molecule has 1 fully saturated rings. The molecule has 0 atom stereocenters. The van der Waals surface area contributed by atoms with E-state index in [9.17, 15) is 4.79 Å². The molecule has 1 N–H and O–H groups in total. The van der Waals surface area contributed by atoms with Crippen molar-refractivity contribution in [1.29, 1.82) is 0 Å². The predicted octanol–water partition coefficient (Wildman–Crippen LogP) is 2.44. The highest BCUT2D eigenvalue weighted by Crippen LogP contribution is 2.11. The van der Waals surface area contributed by atoms with Crippen molar-refractivity contribution in [3.63, 3.8) is 0 Å². The summed E-state index contributed by atoms with van der Waals surface area (Å²) in [5.41, 5.74) is 0.574. The molecule has 0 bridgehead atoms. The lowest BCUT2D eigenvalue weighted by Gasteiger charge is -2.25. The number of nitrogens with zero attached hydrogens (tertiary/aromatic N) is 2. The van der Waals surface area contributed by atoms with E-state index in [1.54, 1.807) is 29.2 Å². The van der Waals surface area contributed by atoms with Crippen LogP contribution in [0.4, 0.5) is 4.79 Å². The summed E-state index contributed by atoms with van der Waals surface area (Å²) in [4.78, 5) is 13.5. The van der Waals surface area contributed by atoms with Gasteiger partial charge in [-0.2, -0.15) is 0 Å². The molecule has 1 heterocycles. The van der Waals surface area contributed by atoms with Gasteiger partial charge in [0, 0.05) is 18.7 Å². The minimum Gasteiger partial charge on any atom is -0.408 e. The fourth-order valence-corrected chi connectivity index (χ4v) is 1.94. The zero-order valence-corrected chi connectivity index (χ0v) is 10.1.